The van der Waals surface area contributed by atoms with Crippen LogP contribution in [0.3, 0.4) is 0 Å². The average Bonchev–Trinajstić information content (AvgIpc) is 2.96. The summed E-state index contributed by atoms with van der Waals surface area (Å²) in [5.74, 6) is 0.714. The van der Waals surface area contributed by atoms with Crippen molar-refractivity contribution in [2.24, 2.45) is 4.99 Å². The van der Waals surface area contributed by atoms with Gasteiger partial charge < -0.3 is 20.5 Å². The third-order valence-corrected chi connectivity index (χ3v) is 4.61. The van der Waals surface area contributed by atoms with E-state index < -0.39 is 5.60 Å². The molecule has 0 saturated carbocycles. The highest BCUT2D eigenvalue weighted by molar-refractivity contribution is 14.0. The standard InChI is InChI=1S/C16H29N5O2S.HI/c1-4-17-15(19-10-14-9-18-13(2)24-14)20-11-16(3,22)12-21-5-7-23-8-6-21;/h9,22H,4-8,10-12H2,1-3H3,(H2,17,19,20);1H. The van der Waals surface area contributed by atoms with Gasteiger partial charge in [-0.2, -0.15) is 0 Å². The minimum absolute atomic E-state index is 0. The number of β-amino-alcohol motifs (C(OH)–C–C–N with tert-alkyl or cyclic N) is 1. The van der Waals surface area contributed by atoms with E-state index in [0.29, 0.717) is 25.6 Å². The molecule has 0 radical (unpaired) electrons. The maximum absolute atomic E-state index is 10.6. The van der Waals surface area contributed by atoms with Gasteiger partial charge in [-0.3, -0.25) is 4.90 Å². The van der Waals surface area contributed by atoms with Crippen molar-refractivity contribution >= 4 is 41.3 Å². The van der Waals surface area contributed by atoms with Crippen LogP contribution in [0.15, 0.2) is 11.2 Å². The number of nitrogens with zero attached hydrogens (tertiary/aromatic N) is 3. The maximum Gasteiger partial charge on any atom is 0.191 e. The Balaban J connectivity index is 0.00000312. The summed E-state index contributed by atoms with van der Waals surface area (Å²) in [7, 11) is 0. The summed E-state index contributed by atoms with van der Waals surface area (Å²) in [5, 5.41) is 18.1. The Morgan fingerprint density at radius 2 is 2.16 bits per heavy atom. The molecule has 7 nitrogen and oxygen atoms in total. The van der Waals surface area contributed by atoms with Gasteiger partial charge >= 0.3 is 0 Å². The molecule has 0 bridgehead atoms. The Labute approximate surface area is 171 Å². The molecule has 144 valence electrons. The predicted molar refractivity (Wildman–Crippen MR) is 113 cm³/mol. The molecule has 0 amide bonds. The van der Waals surface area contributed by atoms with Crippen LogP contribution in [-0.2, 0) is 11.3 Å². The fraction of sp³-hybridized carbons (Fsp3) is 0.750. The van der Waals surface area contributed by atoms with Crippen LogP contribution in [0.1, 0.15) is 23.7 Å². The van der Waals surface area contributed by atoms with Crippen molar-refractivity contribution < 1.29 is 9.84 Å². The molecular formula is C16H30IN5O2S. The zero-order chi connectivity index (χ0) is 17.4. The number of aromatic nitrogens is 1. The van der Waals surface area contributed by atoms with E-state index in [1.807, 2.05) is 27.0 Å². The molecule has 3 N–H and O–H groups in total. The second kappa shape index (κ2) is 11.3. The minimum Gasteiger partial charge on any atom is -0.387 e. The molecule has 0 aromatic carbocycles. The first-order chi connectivity index (χ1) is 11.5. The van der Waals surface area contributed by atoms with Crippen LogP contribution in [0.2, 0.25) is 0 Å². The monoisotopic (exact) mass is 483 g/mol. The van der Waals surface area contributed by atoms with Crippen molar-refractivity contribution in [2.75, 3.05) is 45.9 Å². The van der Waals surface area contributed by atoms with Gasteiger partial charge in [0, 0.05) is 43.8 Å². The van der Waals surface area contributed by atoms with Crippen LogP contribution in [0.4, 0.5) is 0 Å². The van der Waals surface area contributed by atoms with Crippen LogP contribution in [0.5, 0.6) is 0 Å². The van der Waals surface area contributed by atoms with Crippen molar-refractivity contribution in [2.45, 2.75) is 32.9 Å². The normalized spacial score (nSPS) is 18.3. The quantitative estimate of drug-likeness (QED) is 0.307. The van der Waals surface area contributed by atoms with Crippen LogP contribution in [-0.4, -0.2) is 72.5 Å². The van der Waals surface area contributed by atoms with E-state index in [0.717, 1.165) is 42.7 Å². The summed E-state index contributed by atoms with van der Waals surface area (Å²) in [6.07, 6.45) is 1.86. The molecule has 1 saturated heterocycles. The van der Waals surface area contributed by atoms with Crippen LogP contribution < -0.4 is 10.6 Å². The van der Waals surface area contributed by atoms with Gasteiger partial charge in [0.15, 0.2) is 5.96 Å². The molecule has 1 aromatic heterocycles. The average molecular weight is 483 g/mol. The molecule has 0 spiro atoms. The summed E-state index contributed by atoms with van der Waals surface area (Å²) < 4.78 is 5.35. The van der Waals surface area contributed by atoms with Gasteiger partial charge in [-0.1, -0.05) is 0 Å². The highest BCUT2D eigenvalue weighted by atomic mass is 127. The second-order valence-corrected chi connectivity index (χ2v) is 7.60. The number of nitrogens with one attached hydrogen (secondary N) is 2. The Bertz CT molecular complexity index is 532. The number of halogens is 1. The van der Waals surface area contributed by atoms with E-state index >= 15 is 0 Å². The second-order valence-electron chi connectivity index (χ2n) is 6.28. The molecule has 1 aliphatic heterocycles. The number of aliphatic imine (C=N–C) groups is 1. The zero-order valence-corrected chi connectivity index (χ0v) is 18.4. The van der Waals surface area contributed by atoms with Crippen molar-refractivity contribution in [1.82, 2.24) is 20.5 Å². The predicted octanol–water partition coefficient (Wildman–Crippen LogP) is 1.21. The van der Waals surface area contributed by atoms with Crippen molar-refractivity contribution in [1.29, 1.82) is 0 Å². The van der Waals surface area contributed by atoms with Crippen LogP contribution in [0.25, 0.3) is 0 Å². The number of rotatable bonds is 7. The highest BCUT2D eigenvalue weighted by Crippen LogP contribution is 2.12. The van der Waals surface area contributed by atoms with Crippen LogP contribution >= 0.6 is 35.3 Å². The number of guanidine groups is 1. The van der Waals surface area contributed by atoms with Gasteiger partial charge in [0.25, 0.3) is 0 Å². The summed E-state index contributed by atoms with van der Waals surface area (Å²) in [6, 6.07) is 0. The number of morpholine rings is 1. The van der Waals surface area contributed by atoms with E-state index in [1.54, 1.807) is 11.3 Å². The fourth-order valence-electron chi connectivity index (χ4n) is 2.55. The smallest absolute Gasteiger partial charge is 0.191 e. The summed E-state index contributed by atoms with van der Waals surface area (Å²) in [4.78, 5) is 12.2. The molecule has 2 rings (SSSR count). The Morgan fingerprint density at radius 3 is 2.76 bits per heavy atom. The van der Waals surface area contributed by atoms with E-state index in [1.165, 1.54) is 0 Å². The maximum atomic E-state index is 10.6. The largest absolute Gasteiger partial charge is 0.387 e. The van der Waals surface area contributed by atoms with Gasteiger partial charge in [0.05, 0.1) is 30.4 Å². The lowest BCUT2D eigenvalue weighted by Gasteiger charge is -2.34. The van der Waals surface area contributed by atoms with Gasteiger partial charge in [0.1, 0.15) is 0 Å². The third kappa shape index (κ3) is 8.63. The molecule has 25 heavy (non-hydrogen) atoms. The van der Waals surface area contributed by atoms with E-state index in [9.17, 15) is 5.11 Å². The first-order valence-corrected chi connectivity index (χ1v) is 9.26. The van der Waals surface area contributed by atoms with Crippen molar-refractivity contribution in [3.05, 3.63) is 16.1 Å². The molecule has 2 heterocycles. The number of aliphatic hydroxyl groups is 1. The Kier molecular flexibility index (Phi) is 10.2. The van der Waals surface area contributed by atoms with Crippen LogP contribution in [0, 0.1) is 6.92 Å². The number of ether oxygens (including phenoxy) is 1. The number of thiazole rings is 1. The lowest BCUT2D eigenvalue weighted by Crippen LogP contribution is -2.52. The van der Waals surface area contributed by atoms with Gasteiger partial charge in [-0.05, 0) is 20.8 Å². The third-order valence-electron chi connectivity index (χ3n) is 3.71. The molecule has 1 unspecified atom stereocenters. The first-order valence-electron chi connectivity index (χ1n) is 8.44. The minimum atomic E-state index is -0.825. The molecule has 1 aliphatic rings. The molecule has 0 aliphatic carbocycles. The fourth-order valence-corrected chi connectivity index (χ4v) is 3.27. The van der Waals surface area contributed by atoms with Gasteiger partial charge in [-0.15, -0.1) is 35.3 Å². The number of aryl methyl sites for hydroxylation is 1. The van der Waals surface area contributed by atoms with E-state index in [4.69, 9.17) is 4.74 Å². The zero-order valence-electron chi connectivity index (χ0n) is 15.2. The van der Waals surface area contributed by atoms with Crippen molar-refractivity contribution in [3.63, 3.8) is 0 Å². The highest BCUT2D eigenvalue weighted by Gasteiger charge is 2.25. The SMILES string of the molecule is CCNC(=NCc1cnc(C)s1)NCC(C)(O)CN1CCOCC1.I. The summed E-state index contributed by atoms with van der Waals surface area (Å²) >= 11 is 1.65. The lowest BCUT2D eigenvalue weighted by atomic mass is 10.1. The Morgan fingerprint density at radius 1 is 1.44 bits per heavy atom. The van der Waals surface area contributed by atoms with E-state index in [2.05, 4.69) is 25.5 Å². The molecule has 1 atom stereocenters. The summed E-state index contributed by atoms with van der Waals surface area (Å²) in [6.45, 7) is 11.5. The Hall–Kier alpha value is -0.490. The van der Waals surface area contributed by atoms with Crippen molar-refractivity contribution in [3.8, 4) is 0 Å². The van der Waals surface area contributed by atoms with Gasteiger partial charge in [-0.25, -0.2) is 9.98 Å². The molecule has 9 heteroatoms. The molecule has 1 fully saturated rings. The summed E-state index contributed by atoms with van der Waals surface area (Å²) in [5.41, 5.74) is -0.825. The van der Waals surface area contributed by atoms with E-state index in [-0.39, 0.29) is 24.0 Å². The first kappa shape index (κ1) is 22.6. The molecular weight excluding hydrogens is 453 g/mol. The number of hydrogen-bond acceptors (Lipinski definition) is 6. The topological polar surface area (TPSA) is 82.0 Å². The lowest BCUT2D eigenvalue weighted by molar-refractivity contribution is -0.0201. The molecule has 1 aromatic rings. The van der Waals surface area contributed by atoms with Gasteiger partial charge in [0.2, 0.25) is 0 Å². The number of hydrogen-bond donors (Lipinski definition) is 3.